The number of carbonyl (C=O) groups is 1. The highest BCUT2D eigenvalue weighted by Crippen LogP contribution is 2.14. The van der Waals surface area contributed by atoms with Crippen LogP contribution in [-0.4, -0.2) is 43.2 Å². The van der Waals surface area contributed by atoms with Gasteiger partial charge in [0.1, 0.15) is 0 Å². The van der Waals surface area contributed by atoms with E-state index in [0.717, 1.165) is 25.2 Å². The van der Waals surface area contributed by atoms with Gasteiger partial charge < -0.3 is 4.74 Å². The lowest BCUT2D eigenvalue weighted by Gasteiger charge is -2.26. The lowest BCUT2D eigenvalue weighted by molar-refractivity contribution is -0.147. The lowest BCUT2D eigenvalue weighted by Crippen LogP contribution is -2.35. The van der Waals surface area contributed by atoms with Crippen LogP contribution in [0.1, 0.15) is 11.1 Å². The zero-order chi connectivity index (χ0) is 15.3. The van der Waals surface area contributed by atoms with E-state index in [1.807, 2.05) is 0 Å². The number of benzene rings is 1. The van der Waals surface area contributed by atoms with Gasteiger partial charge in [0.25, 0.3) is 0 Å². The predicted octanol–water partition coefficient (Wildman–Crippen LogP) is 2.00. The van der Waals surface area contributed by atoms with Gasteiger partial charge in [-0.25, -0.2) is 0 Å². The molecule has 0 radical (unpaired) electrons. The van der Waals surface area contributed by atoms with Crippen molar-refractivity contribution in [1.29, 1.82) is 0 Å². The average molecular weight is 297 g/mol. The minimum Gasteiger partial charge on any atom is -0.379 e. The number of rotatable bonds is 3. The summed E-state index contributed by atoms with van der Waals surface area (Å²) in [7, 11) is 0. The van der Waals surface area contributed by atoms with E-state index in [1.54, 1.807) is 24.3 Å². The summed E-state index contributed by atoms with van der Waals surface area (Å²) in [6, 6.07) is 3.95. The Hall–Kier alpha value is -1.84. The number of halogens is 3. The van der Waals surface area contributed by atoms with Gasteiger partial charge in [0.15, 0.2) is 0 Å². The van der Waals surface area contributed by atoms with Crippen molar-refractivity contribution in [2.45, 2.75) is 12.5 Å². The molecule has 0 atom stereocenters. The summed E-state index contributed by atoms with van der Waals surface area (Å²) in [6.07, 6.45) is 0. The third-order valence-electron chi connectivity index (χ3n) is 3.07. The molecule has 0 bridgehead atoms. The number of morpholine rings is 1. The van der Waals surface area contributed by atoms with Gasteiger partial charge in [-0.1, -0.05) is 18.1 Å². The Bertz CT molecular complexity index is 555. The Balaban J connectivity index is 1.99. The van der Waals surface area contributed by atoms with Gasteiger partial charge >= 0.3 is 12.0 Å². The molecule has 112 valence electrons. The maximum absolute atomic E-state index is 12.7. The normalized spacial score (nSPS) is 16.1. The fourth-order valence-electron chi connectivity index (χ4n) is 1.91. The van der Waals surface area contributed by atoms with Crippen LogP contribution in [0.4, 0.5) is 13.2 Å². The lowest BCUT2D eigenvalue weighted by atomic mass is 10.1. The van der Waals surface area contributed by atoms with Crippen LogP contribution in [0.25, 0.3) is 0 Å². The molecule has 0 saturated carbocycles. The van der Waals surface area contributed by atoms with Crippen molar-refractivity contribution in [3.63, 3.8) is 0 Å². The van der Waals surface area contributed by atoms with Crippen LogP contribution >= 0.6 is 0 Å². The van der Waals surface area contributed by atoms with Crippen molar-refractivity contribution < 1.29 is 22.7 Å². The van der Waals surface area contributed by atoms with Crippen molar-refractivity contribution >= 4 is 6.04 Å². The predicted molar refractivity (Wildman–Crippen MR) is 70.5 cm³/mol. The van der Waals surface area contributed by atoms with E-state index in [4.69, 9.17) is 4.74 Å². The SMILES string of the molecule is O=C(F)C(F)(F)C#Cc1ccc(CN2CCOCC2)cc1. The first-order valence-electron chi connectivity index (χ1n) is 6.47. The number of ether oxygens (including phenoxy) is 1. The van der Waals surface area contributed by atoms with Crippen LogP contribution in [-0.2, 0) is 16.1 Å². The van der Waals surface area contributed by atoms with Gasteiger partial charge in [0, 0.05) is 25.2 Å². The zero-order valence-electron chi connectivity index (χ0n) is 11.2. The quantitative estimate of drug-likeness (QED) is 0.631. The smallest absolute Gasteiger partial charge is 0.379 e. The molecule has 1 aromatic carbocycles. The zero-order valence-corrected chi connectivity index (χ0v) is 11.2. The molecule has 1 aromatic rings. The van der Waals surface area contributed by atoms with Gasteiger partial charge in [0.05, 0.1) is 13.2 Å². The van der Waals surface area contributed by atoms with Crippen LogP contribution in [0.5, 0.6) is 0 Å². The number of hydrogen-bond acceptors (Lipinski definition) is 3. The van der Waals surface area contributed by atoms with Gasteiger partial charge in [-0.2, -0.15) is 13.2 Å². The van der Waals surface area contributed by atoms with Crippen LogP contribution in [0.3, 0.4) is 0 Å². The van der Waals surface area contributed by atoms with Gasteiger partial charge in [-0.05, 0) is 23.6 Å². The third-order valence-corrected chi connectivity index (χ3v) is 3.07. The van der Waals surface area contributed by atoms with Crippen molar-refractivity contribution in [2.75, 3.05) is 26.3 Å². The molecule has 1 fully saturated rings. The van der Waals surface area contributed by atoms with Crippen LogP contribution in [0.15, 0.2) is 24.3 Å². The Morgan fingerprint density at radius 1 is 1.24 bits per heavy atom. The summed E-state index contributed by atoms with van der Waals surface area (Å²) < 4.78 is 42.7. The molecule has 1 aliphatic rings. The second-order valence-electron chi connectivity index (χ2n) is 4.68. The third kappa shape index (κ3) is 4.59. The Morgan fingerprint density at radius 2 is 1.86 bits per heavy atom. The molecule has 0 aromatic heterocycles. The molecule has 0 aliphatic carbocycles. The van der Waals surface area contributed by atoms with Gasteiger partial charge in [-0.3, -0.25) is 9.69 Å². The molecule has 21 heavy (non-hydrogen) atoms. The highest BCUT2D eigenvalue weighted by Gasteiger charge is 2.36. The van der Waals surface area contributed by atoms with E-state index in [1.165, 1.54) is 5.92 Å². The van der Waals surface area contributed by atoms with E-state index in [2.05, 4.69) is 10.8 Å². The second-order valence-corrected chi connectivity index (χ2v) is 4.68. The first kappa shape index (κ1) is 15.5. The summed E-state index contributed by atoms with van der Waals surface area (Å²) in [6.45, 7) is 3.86. The Kier molecular flexibility index (Phi) is 4.99. The maximum atomic E-state index is 12.7. The number of hydrogen-bond donors (Lipinski definition) is 0. The molecular formula is C15H14F3NO2. The van der Waals surface area contributed by atoms with Crippen molar-refractivity contribution in [3.05, 3.63) is 35.4 Å². The first-order valence-corrected chi connectivity index (χ1v) is 6.47. The largest absolute Gasteiger partial charge is 0.396 e. The first-order chi connectivity index (χ1) is 9.97. The minimum atomic E-state index is -4.24. The standard InChI is InChI=1S/C15H14F3NO2/c16-14(20)15(17,18)6-5-12-1-3-13(4-2-12)11-19-7-9-21-10-8-19/h1-4H,7-11H2. The minimum absolute atomic E-state index is 0.307. The highest BCUT2D eigenvalue weighted by molar-refractivity contribution is 5.80. The van der Waals surface area contributed by atoms with Crippen LogP contribution in [0.2, 0.25) is 0 Å². The van der Waals surface area contributed by atoms with Gasteiger partial charge in [0.2, 0.25) is 0 Å². The number of nitrogens with zero attached hydrogens (tertiary/aromatic N) is 1. The number of carbonyl (C=O) groups excluding carboxylic acids is 1. The summed E-state index contributed by atoms with van der Waals surface area (Å²) >= 11 is 0. The topological polar surface area (TPSA) is 29.5 Å². The monoisotopic (exact) mass is 297 g/mol. The van der Waals surface area contributed by atoms with E-state index in [9.17, 15) is 18.0 Å². The Labute approximate surface area is 120 Å². The maximum Gasteiger partial charge on any atom is 0.396 e. The summed E-state index contributed by atoms with van der Waals surface area (Å²) in [5.74, 6) is -0.800. The van der Waals surface area contributed by atoms with Crippen molar-refractivity contribution in [1.82, 2.24) is 4.90 Å². The summed E-state index contributed by atoms with van der Waals surface area (Å²) in [4.78, 5) is 12.2. The molecule has 2 rings (SSSR count). The van der Waals surface area contributed by atoms with Crippen LogP contribution < -0.4 is 0 Å². The van der Waals surface area contributed by atoms with E-state index in [0.29, 0.717) is 18.8 Å². The molecular weight excluding hydrogens is 283 g/mol. The van der Waals surface area contributed by atoms with E-state index < -0.39 is 12.0 Å². The van der Waals surface area contributed by atoms with Crippen molar-refractivity contribution in [2.24, 2.45) is 0 Å². The number of alkyl halides is 2. The summed E-state index contributed by atoms with van der Waals surface area (Å²) in [5, 5.41) is 0. The van der Waals surface area contributed by atoms with E-state index >= 15 is 0 Å². The average Bonchev–Trinajstić information content (AvgIpc) is 2.47. The molecule has 1 saturated heterocycles. The Morgan fingerprint density at radius 3 is 2.43 bits per heavy atom. The van der Waals surface area contributed by atoms with Crippen LogP contribution in [0, 0.1) is 11.8 Å². The second kappa shape index (κ2) is 6.74. The fraction of sp³-hybridized carbons (Fsp3) is 0.400. The molecule has 1 heterocycles. The van der Waals surface area contributed by atoms with Gasteiger partial charge in [-0.15, -0.1) is 0 Å². The molecule has 0 N–H and O–H groups in total. The molecule has 1 aliphatic heterocycles. The summed E-state index contributed by atoms with van der Waals surface area (Å²) in [5.41, 5.74) is 1.33. The molecule has 0 amide bonds. The van der Waals surface area contributed by atoms with E-state index in [-0.39, 0.29) is 0 Å². The molecule has 0 spiro atoms. The highest BCUT2D eigenvalue weighted by atomic mass is 19.3. The van der Waals surface area contributed by atoms with Crippen molar-refractivity contribution in [3.8, 4) is 11.8 Å². The molecule has 6 heteroatoms. The fourth-order valence-corrected chi connectivity index (χ4v) is 1.91. The molecule has 3 nitrogen and oxygen atoms in total. The molecule has 0 unspecified atom stereocenters.